The Kier molecular flexibility index (Phi) is 4.74. The second kappa shape index (κ2) is 6.59. The van der Waals surface area contributed by atoms with E-state index in [1.165, 1.54) is 0 Å². The minimum atomic E-state index is -0.966. The number of carbonyl (C=O) groups is 1. The number of hydrogen-bond donors (Lipinski definition) is 1. The summed E-state index contributed by atoms with van der Waals surface area (Å²) < 4.78 is 5.61. The smallest absolute Gasteiger partial charge is 0.410 e. The molecule has 1 amide bonds. The molecule has 2 aliphatic rings. The number of carbonyl (C=O) groups excluding carboxylic acids is 1. The highest BCUT2D eigenvalue weighted by Crippen LogP contribution is 2.45. The molecule has 3 rings (SSSR count). The number of nitriles is 1. The van der Waals surface area contributed by atoms with Crippen LogP contribution in [0.4, 0.5) is 4.79 Å². The molecule has 26 heavy (non-hydrogen) atoms. The lowest BCUT2D eigenvalue weighted by Gasteiger charge is -2.52. The van der Waals surface area contributed by atoms with Gasteiger partial charge >= 0.3 is 6.09 Å². The summed E-state index contributed by atoms with van der Waals surface area (Å²) in [6, 6.07) is 7.56. The molecule has 1 aromatic carbocycles. The van der Waals surface area contributed by atoms with E-state index < -0.39 is 11.2 Å². The van der Waals surface area contributed by atoms with Crippen LogP contribution >= 0.6 is 0 Å². The quantitative estimate of drug-likeness (QED) is 0.825. The number of aryl methyl sites for hydroxylation is 1. The van der Waals surface area contributed by atoms with E-state index in [4.69, 9.17) is 10.00 Å². The van der Waals surface area contributed by atoms with Crippen molar-refractivity contribution in [3.8, 4) is 6.07 Å². The highest BCUT2D eigenvalue weighted by Gasteiger charge is 2.49. The van der Waals surface area contributed by atoms with E-state index in [9.17, 15) is 9.90 Å². The minimum absolute atomic E-state index is 0.0163. The number of benzene rings is 1. The van der Waals surface area contributed by atoms with Gasteiger partial charge in [-0.2, -0.15) is 5.26 Å². The van der Waals surface area contributed by atoms with Gasteiger partial charge in [0.05, 0.1) is 17.2 Å². The Bertz CT molecular complexity index is 731. The maximum Gasteiger partial charge on any atom is 0.410 e. The highest BCUT2D eigenvalue weighted by molar-refractivity contribution is 5.69. The first-order valence-corrected chi connectivity index (χ1v) is 9.38. The van der Waals surface area contributed by atoms with E-state index >= 15 is 0 Å². The number of rotatable bonds is 1. The van der Waals surface area contributed by atoms with Gasteiger partial charge in [-0.3, -0.25) is 0 Å². The van der Waals surface area contributed by atoms with Gasteiger partial charge in [0.2, 0.25) is 0 Å². The molecule has 2 aliphatic heterocycles. The van der Waals surface area contributed by atoms with E-state index in [-0.39, 0.29) is 18.2 Å². The van der Waals surface area contributed by atoms with Crippen LogP contribution in [0.3, 0.4) is 0 Å². The van der Waals surface area contributed by atoms with Crippen molar-refractivity contribution in [3.63, 3.8) is 0 Å². The summed E-state index contributed by atoms with van der Waals surface area (Å²) in [5.74, 6) is 0. The summed E-state index contributed by atoms with van der Waals surface area (Å²) in [6.45, 7) is 7.56. The third kappa shape index (κ3) is 3.57. The fourth-order valence-corrected chi connectivity index (χ4v) is 4.52. The van der Waals surface area contributed by atoms with Gasteiger partial charge in [0.1, 0.15) is 5.60 Å². The number of nitrogens with zero attached hydrogens (tertiary/aromatic N) is 2. The van der Waals surface area contributed by atoms with Crippen molar-refractivity contribution >= 4 is 6.09 Å². The number of piperidine rings is 2. The zero-order valence-electron chi connectivity index (χ0n) is 16.1. The molecular formula is C21H28N2O3. The van der Waals surface area contributed by atoms with Crippen LogP contribution in [0.1, 0.15) is 69.6 Å². The number of hydrogen-bond acceptors (Lipinski definition) is 4. The van der Waals surface area contributed by atoms with E-state index in [0.29, 0.717) is 18.4 Å². The standard InChI is InChI=1S/C21H28N2O3/c1-14-10-15(13-22)8-9-18(14)21(25)11-16-6-5-7-17(12-21)23(16)19(24)26-20(2,3)4/h8-10,16-17,25H,5-7,11-12H2,1-4H3. The first kappa shape index (κ1) is 18.7. The Hall–Kier alpha value is -2.06. The summed E-state index contributed by atoms with van der Waals surface area (Å²) in [6.07, 6.45) is 3.58. The third-order valence-electron chi connectivity index (χ3n) is 5.47. The van der Waals surface area contributed by atoms with Crippen LogP contribution in [-0.2, 0) is 10.3 Å². The number of aliphatic hydroxyl groups is 1. The van der Waals surface area contributed by atoms with Gasteiger partial charge < -0.3 is 14.7 Å². The molecule has 0 saturated carbocycles. The number of fused-ring (bicyclic) bond motifs is 2. The Morgan fingerprint density at radius 1 is 1.31 bits per heavy atom. The normalized spacial score (nSPS) is 28.4. The van der Waals surface area contributed by atoms with Crippen molar-refractivity contribution in [1.29, 1.82) is 5.26 Å². The molecule has 0 aliphatic carbocycles. The molecule has 2 bridgehead atoms. The maximum absolute atomic E-state index is 12.7. The molecule has 0 aromatic heterocycles. The molecule has 140 valence electrons. The fraction of sp³-hybridized carbons (Fsp3) is 0.619. The van der Waals surface area contributed by atoms with Crippen LogP contribution in [0.5, 0.6) is 0 Å². The van der Waals surface area contributed by atoms with Gasteiger partial charge in [-0.15, -0.1) is 0 Å². The third-order valence-corrected chi connectivity index (χ3v) is 5.47. The maximum atomic E-state index is 12.7. The molecular weight excluding hydrogens is 328 g/mol. The molecule has 0 radical (unpaired) electrons. The molecule has 1 N–H and O–H groups in total. The molecule has 2 fully saturated rings. The average Bonchev–Trinajstić information content (AvgIpc) is 2.51. The Labute approximate surface area is 155 Å². The average molecular weight is 356 g/mol. The van der Waals surface area contributed by atoms with Crippen molar-refractivity contribution in [2.45, 2.75) is 83.1 Å². The van der Waals surface area contributed by atoms with Crippen molar-refractivity contribution in [1.82, 2.24) is 4.90 Å². The number of ether oxygens (including phenoxy) is 1. The van der Waals surface area contributed by atoms with Crippen LogP contribution in [0.25, 0.3) is 0 Å². The van der Waals surface area contributed by atoms with Crippen LogP contribution in [0, 0.1) is 18.3 Å². The Morgan fingerprint density at radius 2 is 1.92 bits per heavy atom. The van der Waals surface area contributed by atoms with Crippen molar-refractivity contribution in [2.24, 2.45) is 0 Å². The van der Waals surface area contributed by atoms with Crippen LogP contribution in [0.15, 0.2) is 18.2 Å². The molecule has 2 saturated heterocycles. The SMILES string of the molecule is Cc1cc(C#N)ccc1C1(O)CC2CCCC(C1)N2C(=O)OC(C)(C)C. The molecule has 5 heteroatoms. The summed E-state index contributed by atoms with van der Waals surface area (Å²) in [5.41, 5.74) is 0.906. The summed E-state index contributed by atoms with van der Waals surface area (Å²) >= 11 is 0. The predicted molar refractivity (Wildman–Crippen MR) is 98.5 cm³/mol. The summed E-state index contributed by atoms with van der Waals surface area (Å²) in [5, 5.41) is 20.5. The van der Waals surface area contributed by atoms with Crippen molar-refractivity contribution in [3.05, 3.63) is 34.9 Å². The first-order chi connectivity index (χ1) is 12.1. The van der Waals surface area contributed by atoms with Crippen molar-refractivity contribution in [2.75, 3.05) is 0 Å². The van der Waals surface area contributed by atoms with Gasteiger partial charge in [-0.1, -0.05) is 6.07 Å². The Balaban J connectivity index is 1.87. The van der Waals surface area contributed by atoms with Crippen LogP contribution in [-0.4, -0.2) is 33.8 Å². The minimum Gasteiger partial charge on any atom is -0.444 e. The van der Waals surface area contributed by atoms with Crippen LogP contribution in [0.2, 0.25) is 0 Å². The van der Waals surface area contributed by atoms with Gasteiger partial charge in [0.15, 0.2) is 0 Å². The topological polar surface area (TPSA) is 73.6 Å². The van der Waals surface area contributed by atoms with Crippen LogP contribution < -0.4 is 0 Å². The molecule has 5 nitrogen and oxygen atoms in total. The van der Waals surface area contributed by atoms with Crippen molar-refractivity contribution < 1.29 is 14.6 Å². The summed E-state index contributed by atoms with van der Waals surface area (Å²) in [4.78, 5) is 14.6. The fourth-order valence-electron chi connectivity index (χ4n) is 4.52. The molecule has 2 atom stereocenters. The van der Waals surface area contributed by atoms with E-state index in [0.717, 1.165) is 30.4 Å². The predicted octanol–water partition coefficient (Wildman–Crippen LogP) is 4.01. The molecule has 2 unspecified atom stereocenters. The molecule has 0 spiro atoms. The number of amides is 1. The lowest BCUT2D eigenvalue weighted by atomic mass is 9.71. The van der Waals surface area contributed by atoms with E-state index in [2.05, 4.69) is 6.07 Å². The molecule has 2 heterocycles. The lowest BCUT2D eigenvalue weighted by molar-refractivity contribution is -0.0967. The Morgan fingerprint density at radius 3 is 2.42 bits per heavy atom. The monoisotopic (exact) mass is 356 g/mol. The highest BCUT2D eigenvalue weighted by atomic mass is 16.6. The second-order valence-electron chi connectivity index (χ2n) is 8.71. The van der Waals surface area contributed by atoms with Gasteiger partial charge in [0.25, 0.3) is 0 Å². The van der Waals surface area contributed by atoms with E-state index in [1.807, 2.05) is 44.7 Å². The molecule has 1 aromatic rings. The zero-order chi connectivity index (χ0) is 19.1. The van der Waals surface area contributed by atoms with Gasteiger partial charge in [-0.25, -0.2) is 4.79 Å². The largest absolute Gasteiger partial charge is 0.444 e. The van der Waals surface area contributed by atoms with E-state index in [1.54, 1.807) is 6.07 Å². The first-order valence-electron chi connectivity index (χ1n) is 9.38. The second-order valence-corrected chi connectivity index (χ2v) is 8.71. The lowest BCUT2D eigenvalue weighted by Crippen LogP contribution is -2.59. The van der Waals surface area contributed by atoms with Gasteiger partial charge in [-0.05, 0) is 70.2 Å². The van der Waals surface area contributed by atoms with Gasteiger partial charge in [0, 0.05) is 24.9 Å². The summed E-state index contributed by atoms with van der Waals surface area (Å²) in [7, 11) is 0. The zero-order valence-corrected chi connectivity index (χ0v) is 16.1.